The fraction of sp³-hybridized carbons (Fsp3) is 0.769. The highest BCUT2D eigenvalue weighted by molar-refractivity contribution is 6.03. The summed E-state index contributed by atoms with van der Waals surface area (Å²) < 4.78 is 0. The Morgan fingerprint density at radius 2 is 1.83 bits per heavy atom. The second-order valence-corrected chi connectivity index (χ2v) is 4.35. The van der Waals surface area contributed by atoms with Crippen molar-refractivity contribution in [1.82, 2.24) is 10.2 Å². The molecule has 1 unspecified atom stereocenters. The highest BCUT2D eigenvalue weighted by atomic mass is 16.2. The lowest BCUT2D eigenvalue weighted by atomic mass is 10.1. The molecule has 1 saturated heterocycles. The van der Waals surface area contributed by atoms with Crippen molar-refractivity contribution in [1.29, 1.82) is 0 Å². The van der Waals surface area contributed by atoms with Gasteiger partial charge in [0.25, 0.3) is 5.91 Å². The molecule has 18 heavy (non-hydrogen) atoms. The van der Waals surface area contributed by atoms with Crippen LogP contribution in [0.25, 0.3) is 0 Å². The highest BCUT2D eigenvalue weighted by Gasteiger charge is 2.34. The van der Waals surface area contributed by atoms with E-state index in [9.17, 15) is 14.4 Å². The number of likely N-dealkylation sites (N-methyl/N-ethyl adjacent to an activating group) is 1. The van der Waals surface area contributed by atoms with Crippen LogP contribution >= 0.6 is 0 Å². The standard InChI is InChI=1S/C8H14N2O2.C5H10O/c1-3-4-5-6-7(11)10(2)8(12)9-6;1-2-3-4-5-6/h6H,3-5H2,1-2H3,(H,9,12);5H,2-4H2,1H3. The van der Waals surface area contributed by atoms with E-state index in [0.717, 1.165) is 49.7 Å². The molecule has 1 rings (SSSR count). The summed E-state index contributed by atoms with van der Waals surface area (Å²) in [4.78, 5) is 32.9. The summed E-state index contributed by atoms with van der Waals surface area (Å²) in [6, 6.07) is -0.552. The molecule has 5 nitrogen and oxygen atoms in total. The number of nitrogens with zero attached hydrogens (tertiary/aromatic N) is 1. The summed E-state index contributed by atoms with van der Waals surface area (Å²) in [7, 11) is 1.50. The van der Waals surface area contributed by atoms with Crippen LogP contribution in [-0.2, 0) is 9.59 Å². The maximum Gasteiger partial charge on any atom is 0.324 e. The van der Waals surface area contributed by atoms with Crippen LogP contribution < -0.4 is 5.32 Å². The predicted octanol–water partition coefficient (Wildman–Crippen LogP) is 2.10. The number of imide groups is 1. The lowest BCUT2D eigenvalue weighted by Crippen LogP contribution is -2.28. The number of carbonyl (C=O) groups excluding carboxylic acids is 3. The topological polar surface area (TPSA) is 66.5 Å². The largest absolute Gasteiger partial charge is 0.326 e. The van der Waals surface area contributed by atoms with E-state index in [1.54, 1.807) is 0 Å². The molecule has 1 fully saturated rings. The van der Waals surface area contributed by atoms with Crippen LogP contribution in [0.5, 0.6) is 0 Å². The number of aldehydes is 1. The number of amides is 3. The number of hydrogen-bond donors (Lipinski definition) is 1. The number of nitrogens with one attached hydrogen (secondary N) is 1. The maximum absolute atomic E-state index is 11.3. The SMILES string of the molecule is CCCCC1NC(=O)N(C)C1=O.CCCCC=O. The van der Waals surface area contributed by atoms with Crippen molar-refractivity contribution in [2.75, 3.05) is 7.05 Å². The van der Waals surface area contributed by atoms with Gasteiger partial charge in [-0.25, -0.2) is 4.79 Å². The fourth-order valence-electron chi connectivity index (χ4n) is 1.53. The summed E-state index contributed by atoms with van der Waals surface area (Å²) in [6.07, 6.45) is 6.64. The van der Waals surface area contributed by atoms with Crippen molar-refractivity contribution in [3.8, 4) is 0 Å². The van der Waals surface area contributed by atoms with Gasteiger partial charge in [-0.2, -0.15) is 0 Å². The molecule has 0 saturated carbocycles. The van der Waals surface area contributed by atoms with Crippen LogP contribution in [0.4, 0.5) is 4.79 Å². The van der Waals surface area contributed by atoms with Gasteiger partial charge in [-0.1, -0.05) is 33.1 Å². The van der Waals surface area contributed by atoms with Gasteiger partial charge in [-0.15, -0.1) is 0 Å². The van der Waals surface area contributed by atoms with Gasteiger partial charge < -0.3 is 10.1 Å². The van der Waals surface area contributed by atoms with Gasteiger partial charge >= 0.3 is 6.03 Å². The Morgan fingerprint density at radius 1 is 1.22 bits per heavy atom. The first-order chi connectivity index (χ1) is 8.58. The van der Waals surface area contributed by atoms with Gasteiger partial charge in [0.1, 0.15) is 12.3 Å². The molecule has 0 aliphatic carbocycles. The van der Waals surface area contributed by atoms with Crippen LogP contribution in [0.2, 0.25) is 0 Å². The Bertz CT molecular complexity index is 279. The zero-order valence-electron chi connectivity index (χ0n) is 11.6. The van der Waals surface area contributed by atoms with E-state index in [0.29, 0.717) is 0 Å². The zero-order chi connectivity index (χ0) is 14.0. The molecular weight excluding hydrogens is 232 g/mol. The number of urea groups is 1. The van der Waals surface area contributed by atoms with Crippen LogP contribution in [0.1, 0.15) is 52.4 Å². The Balaban J connectivity index is 0.000000411. The van der Waals surface area contributed by atoms with Gasteiger partial charge in [-0.3, -0.25) is 9.69 Å². The number of carbonyl (C=O) groups is 3. The molecule has 0 aromatic rings. The van der Waals surface area contributed by atoms with Crippen molar-refractivity contribution in [2.24, 2.45) is 0 Å². The van der Waals surface area contributed by atoms with Gasteiger partial charge in [0.15, 0.2) is 0 Å². The Hall–Kier alpha value is -1.39. The molecule has 104 valence electrons. The quantitative estimate of drug-likeness (QED) is 0.449. The summed E-state index contributed by atoms with van der Waals surface area (Å²) >= 11 is 0. The monoisotopic (exact) mass is 256 g/mol. The normalized spacial score (nSPS) is 18.2. The van der Waals surface area contributed by atoms with Crippen LogP contribution in [0.3, 0.4) is 0 Å². The molecule has 5 heteroatoms. The van der Waals surface area contributed by atoms with Crippen LogP contribution in [0, 0.1) is 0 Å². The number of unbranched alkanes of at least 4 members (excludes halogenated alkanes) is 3. The van der Waals surface area contributed by atoms with E-state index in [2.05, 4.69) is 19.2 Å². The lowest BCUT2D eigenvalue weighted by molar-refractivity contribution is -0.126. The smallest absolute Gasteiger partial charge is 0.324 e. The molecule has 0 radical (unpaired) electrons. The predicted molar refractivity (Wildman–Crippen MR) is 70.2 cm³/mol. The molecule has 0 aromatic heterocycles. The van der Waals surface area contributed by atoms with Crippen LogP contribution in [-0.4, -0.2) is 36.2 Å². The van der Waals surface area contributed by atoms with E-state index in [1.165, 1.54) is 7.05 Å². The van der Waals surface area contributed by atoms with E-state index >= 15 is 0 Å². The van der Waals surface area contributed by atoms with Crippen molar-refractivity contribution < 1.29 is 14.4 Å². The average molecular weight is 256 g/mol. The number of rotatable bonds is 6. The van der Waals surface area contributed by atoms with Crippen molar-refractivity contribution >= 4 is 18.2 Å². The number of hydrogen-bond acceptors (Lipinski definition) is 3. The first kappa shape index (κ1) is 16.6. The molecule has 1 heterocycles. The second-order valence-electron chi connectivity index (χ2n) is 4.35. The van der Waals surface area contributed by atoms with E-state index in [4.69, 9.17) is 0 Å². The first-order valence-electron chi connectivity index (χ1n) is 6.60. The first-order valence-corrected chi connectivity index (χ1v) is 6.60. The van der Waals surface area contributed by atoms with E-state index < -0.39 is 0 Å². The summed E-state index contributed by atoms with van der Waals surface area (Å²) in [5, 5.41) is 2.63. The minimum Gasteiger partial charge on any atom is -0.326 e. The fourth-order valence-corrected chi connectivity index (χ4v) is 1.53. The molecule has 1 N–H and O–H groups in total. The molecule has 0 aromatic carbocycles. The lowest BCUT2D eigenvalue weighted by Gasteiger charge is -2.05. The van der Waals surface area contributed by atoms with Crippen molar-refractivity contribution in [3.63, 3.8) is 0 Å². The summed E-state index contributed by atoms with van der Waals surface area (Å²) in [5.41, 5.74) is 0. The van der Waals surface area contributed by atoms with Crippen molar-refractivity contribution in [3.05, 3.63) is 0 Å². The Morgan fingerprint density at radius 3 is 2.17 bits per heavy atom. The van der Waals surface area contributed by atoms with Crippen LogP contribution in [0.15, 0.2) is 0 Å². The second kappa shape index (κ2) is 9.62. The van der Waals surface area contributed by atoms with Gasteiger partial charge in [0.2, 0.25) is 0 Å². The van der Waals surface area contributed by atoms with Gasteiger partial charge in [0, 0.05) is 13.5 Å². The average Bonchev–Trinajstić information content (AvgIpc) is 2.62. The third-order valence-corrected chi connectivity index (χ3v) is 2.75. The molecule has 1 aliphatic heterocycles. The highest BCUT2D eigenvalue weighted by Crippen LogP contribution is 2.09. The Kier molecular flexibility index (Phi) is 8.88. The minimum atomic E-state index is -0.277. The minimum absolute atomic E-state index is 0.103. The molecule has 3 amide bonds. The third-order valence-electron chi connectivity index (χ3n) is 2.75. The molecule has 1 atom stereocenters. The molecule has 0 bridgehead atoms. The van der Waals surface area contributed by atoms with E-state index in [1.807, 2.05) is 0 Å². The van der Waals surface area contributed by atoms with Gasteiger partial charge in [0.05, 0.1) is 0 Å². The zero-order valence-corrected chi connectivity index (χ0v) is 11.6. The third kappa shape index (κ3) is 5.80. The maximum atomic E-state index is 11.3. The summed E-state index contributed by atoms with van der Waals surface area (Å²) in [5.74, 6) is -0.103. The Labute approximate surface area is 109 Å². The molecular formula is C13H24N2O3. The van der Waals surface area contributed by atoms with Gasteiger partial charge in [-0.05, 0) is 12.8 Å². The van der Waals surface area contributed by atoms with Crippen molar-refractivity contribution in [2.45, 2.75) is 58.4 Å². The molecule has 0 spiro atoms. The summed E-state index contributed by atoms with van der Waals surface area (Å²) in [6.45, 7) is 4.13. The molecule has 1 aliphatic rings. The van der Waals surface area contributed by atoms with E-state index in [-0.39, 0.29) is 18.0 Å².